The minimum absolute atomic E-state index is 0.448. The number of furan rings is 1. The van der Waals surface area contributed by atoms with E-state index in [4.69, 9.17) is 14.9 Å². The molecule has 0 unspecified atom stereocenters. The summed E-state index contributed by atoms with van der Waals surface area (Å²) in [5, 5.41) is 1.88. The Labute approximate surface area is 168 Å². The van der Waals surface area contributed by atoms with E-state index in [9.17, 15) is 0 Å². The number of nitrogens with two attached hydrogens (primary N) is 1. The van der Waals surface area contributed by atoms with Crippen molar-refractivity contribution in [1.29, 1.82) is 0 Å². The average Bonchev–Trinajstić information content (AvgIpc) is 3.07. The SMILES string of the molecule is CCOCc1cc2c(N)nc3cc(CCCCCCC(C)(C)C)ccc3c2o1. The summed E-state index contributed by atoms with van der Waals surface area (Å²) in [6, 6.07) is 8.41. The fraction of sp³-hybridized carbons (Fsp3) is 0.542. The molecule has 0 atom stereocenters. The maximum atomic E-state index is 6.19. The second-order valence-corrected chi connectivity index (χ2v) is 8.92. The molecule has 2 heterocycles. The number of anilines is 1. The number of nitrogens with zero attached hydrogens (tertiary/aromatic N) is 1. The van der Waals surface area contributed by atoms with Crippen molar-refractivity contribution in [2.75, 3.05) is 12.3 Å². The van der Waals surface area contributed by atoms with Gasteiger partial charge in [0.1, 0.15) is 23.8 Å². The molecule has 2 aromatic heterocycles. The maximum Gasteiger partial charge on any atom is 0.147 e. The van der Waals surface area contributed by atoms with Crippen molar-refractivity contribution in [3.05, 3.63) is 35.6 Å². The number of hydrogen-bond acceptors (Lipinski definition) is 4. The highest BCUT2D eigenvalue weighted by molar-refractivity contribution is 6.06. The van der Waals surface area contributed by atoms with Crippen molar-refractivity contribution < 1.29 is 9.15 Å². The second-order valence-electron chi connectivity index (χ2n) is 8.92. The smallest absolute Gasteiger partial charge is 0.147 e. The summed E-state index contributed by atoms with van der Waals surface area (Å²) < 4.78 is 11.5. The van der Waals surface area contributed by atoms with Gasteiger partial charge in [-0.1, -0.05) is 46.1 Å². The van der Waals surface area contributed by atoms with Crippen LogP contribution in [-0.2, 0) is 17.8 Å². The Morgan fingerprint density at radius 1 is 1.04 bits per heavy atom. The summed E-state index contributed by atoms with van der Waals surface area (Å²) in [5.41, 5.74) is 9.68. The number of hydrogen-bond donors (Lipinski definition) is 1. The van der Waals surface area contributed by atoms with Crippen molar-refractivity contribution in [1.82, 2.24) is 4.98 Å². The molecule has 4 heteroatoms. The number of unbranched alkanes of at least 4 members (excludes halogenated alkanes) is 3. The molecule has 0 aliphatic rings. The van der Waals surface area contributed by atoms with Gasteiger partial charge in [-0.25, -0.2) is 4.98 Å². The Kier molecular flexibility index (Phi) is 6.61. The minimum atomic E-state index is 0.448. The van der Waals surface area contributed by atoms with Crippen LogP contribution in [0.4, 0.5) is 5.82 Å². The molecule has 3 rings (SSSR count). The van der Waals surface area contributed by atoms with Crippen molar-refractivity contribution in [2.24, 2.45) is 5.41 Å². The zero-order valence-electron chi connectivity index (χ0n) is 17.8. The predicted molar refractivity (Wildman–Crippen MR) is 118 cm³/mol. The summed E-state index contributed by atoms with van der Waals surface area (Å²) in [6.45, 7) is 10.0. The number of ether oxygens (including phenoxy) is 1. The molecule has 0 aliphatic carbocycles. The van der Waals surface area contributed by atoms with E-state index in [0.29, 0.717) is 24.4 Å². The molecule has 0 fully saturated rings. The number of nitrogen functional groups attached to an aromatic ring is 1. The van der Waals surface area contributed by atoms with Crippen LogP contribution in [-0.4, -0.2) is 11.6 Å². The molecule has 0 aliphatic heterocycles. The van der Waals surface area contributed by atoms with Gasteiger partial charge >= 0.3 is 0 Å². The lowest BCUT2D eigenvalue weighted by Crippen LogP contribution is -2.03. The van der Waals surface area contributed by atoms with E-state index in [1.807, 2.05) is 13.0 Å². The third kappa shape index (κ3) is 5.26. The van der Waals surface area contributed by atoms with E-state index in [2.05, 4.69) is 44.0 Å². The molecule has 0 bridgehead atoms. The Balaban J connectivity index is 1.67. The Morgan fingerprint density at radius 3 is 2.57 bits per heavy atom. The number of benzene rings is 1. The normalized spacial score (nSPS) is 12.3. The van der Waals surface area contributed by atoms with Gasteiger partial charge < -0.3 is 14.9 Å². The van der Waals surface area contributed by atoms with Gasteiger partial charge in [-0.2, -0.15) is 0 Å². The molecule has 3 aromatic rings. The molecule has 0 radical (unpaired) electrons. The zero-order valence-corrected chi connectivity index (χ0v) is 17.8. The van der Waals surface area contributed by atoms with Crippen LogP contribution < -0.4 is 5.73 Å². The summed E-state index contributed by atoms with van der Waals surface area (Å²) in [7, 11) is 0. The molecule has 0 saturated heterocycles. The number of aromatic nitrogens is 1. The van der Waals surface area contributed by atoms with Crippen molar-refractivity contribution in [2.45, 2.75) is 72.8 Å². The lowest BCUT2D eigenvalue weighted by Gasteiger charge is -2.17. The summed E-state index contributed by atoms with van der Waals surface area (Å²) in [5.74, 6) is 1.31. The van der Waals surface area contributed by atoms with Gasteiger partial charge in [0.2, 0.25) is 0 Å². The third-order valence-electron chi connectivity index (χ3n) is 5.20. The second kappa shape index (κ2) is 8.95. The highest BCUT2D eigenvalue weighted by Crippen LogP contribution is 2.32. The Morgan fingerprint density at radius 2 is 1.82 bits per heavy atom. The monoisotopic (exact) mass is 382 g/mol. The van der Waals surface area contributed by atoms with Crippen LogP contribution >= 0.6 is 0 Å². The molecule has 0 saturated carbocycles. The van der Waals surface area contributed by atoms with Crippen LogP contribution in [0.5, 0.6) is 0 Å². The minimum Gasteiger partial charge on any atom is -0.458 e. The third-order valence-corrected chi connectivity index (χ3v) is 5.20. The molecule has 0 spiro atoms. The lowest BCUT2D eigenvalue weighted by atomic mass is 9.89. The van der Waals surface area contributed by atoms with Gasteiger partial charge in [-0.3, -0.25) is 0 Å². The van der Waals surface area contributed by atoms with Crippen molar-refractivity contribution >= 4 is 27.7 Å². The van der Waals surface area contributed by atoms with Crippen molar-refractivity contribution in [3.63, 3.8) is 0 Å². The number of aryl methyl sites for hydroxylation is 1. The molecule has 152 valence electrons. The first-order valence-corrected chi connectivity index (χ1v) is 10.6. The van der Waals surface area contributed by atoms with Gasteiger partial charge in [0, 0.05) is 12.0 Å². The summed E-state index contributed by atoms with van der Waals surface area (Å²) in [4.78, 5) is 4.62. The van der Waals surface area contributed by atoms with Crippen LogP contribution in [0.3, 0.4) is 0 Å². The van der Waals surface area contributed by atoms with Crippen LogP contribution in [0, 0.1) is 5.41 Å². The largest absolute Gasteiger partial charge is 0.458 e. The molecule has 2 N–H and O–H groups in total. The van der Waals surface area contributed by atoms with E-state index >= 15 is 0 Å². The topological polar surface area (TPSA) is 61.3 Å². The van der Waals surface area contributed by atoms with Crippen LogP contribution in [0.15, 0.2) is 28.7 Å². The van der Waals surface area contributed by atoms with E-state index in [1.54, 1.807) is 0 Å². The predicted octanol–water partition coefficient (Wildman–Crippen LogP) is 6.64. The molecular weight excluding hydrogens is 348 g/mol. The highest BCUT2D eigenvalue weighted by Gasteiger charge is 2.13. The van der Waals surface area contributed by atoms with Crippen LogP contribution in [0.1, 0.15) is 71.1 Å². The average molecular weight is 383 g/mol. The molecule has 1 aromatic carbocycles. The summed E-state index contributed by atoms with van der Waals surface area (Å²) in [6.07, 6.45) is 7.51. The zero-order chi connectivity index (χ0) is 20.1. The Bertz CT molecular complexity index is 922. The quantitative estimate of drug-likeness (QED) is 0.421. The van der Waals surface area contributed by atoms with Gasteiger partial charge in [0.05, 0.1) is 10.9 Å². The van der Waals surface area contributed by atoms with E-state index in [1.165, 1.54) is 37.7 Å². The fourth-order valence-corrected chi connectivity index (χ4v) is 3.65. The first kappa shape index (κ1) is 20.7. The van der Waals surface area contributed by atoms with Crippen molar-refractivity contribution in [3.8, 4) is 0 Å². The lowest BCUT2D eigenvalue weighted by molar-refractivity contribution is 0.119. The first-order chi connectivity index (χ1) is 13.4. The molecule has 4 nitrogen and oxygen atoms in total. The molecule has 28 heavy (non-hydrogen) atoms. The standard InChI is InChI=1S/C24H34N2O2/c1-5-27-16-18-15-20-22(28-18)19-12-11-17(14-21(19)26-23(20)25)10-8-6-7-9-13-24(2,3)4/h11-12,14-15H,5-10,13,16H2,1-4H3,(H2,25,26). The maximum absolute atomic E-state index is 6.19. The molecular formula is C24H34N2O2. The summed E-state index contributed by atoms with van der Waals surface area (Å²) >= 11 is 0. The van der Waals surface area contributed by atoms with Gasteiger partial charge in [0.25, 0.3) is 0 Å². The fourth-order valence-electron chi connectivity index (χ4n) is 3.65. The number of fused-ring (bicyclic) bond motifs is 3. The first-order valence-electron chi connectivity index (χ1n) is 10.6. The van der Waals surface area contributed by atoms with E-state index in [0.717, 1.165) is 34.1 Å². The number of pyridine rings is 1. The van der Waals surface area contributed by atoms with Crippen LogP contribution in [0.25, 0.3) is 21.9 Å². The van der Waals surface area contributed by atoms with Crippen LogP contribution in [0.2, 0.25) is 0 Å². The molecule has 0 amide bonds. The number of rotatable bonds is 9. The van der Waals surface area contributed by atoms with Gasteiger partial charge in [-0.05, 0) is 55.4 Å². The highest BCUT2D eigenvalue weighted by atomic mass is 16.5. The van der Waals surface area contributed by atoms with E-state index in [-0.39, 0.29) is 0 Å². The Hall–Kier alpha value is -2.07. The van der Waals surface area contributed by atoms with Gasteiger partial charge in [-0.15, -0.1) is 0 Å². The van der Waals surface area contributed by atoms with E-state index < -0.39 is 0 Å². The van der Waals surface area contributed by atoms with Gasteiger partial charge in [0.15, 0.2) is 0 Å².